The highest BCUT2D eigenvalue weighted by Crippen LogP contribution is 2.30. The van der Waals surface area contributed by atoms with Crippen LogP contribution >= 0.6 is 15.9 Å². The third-order valence-corrected chi connectivity index (χ3v) is 4.25. The van der Waals surface area contributed by atoms with Crippen LogP contribution < -0.4 is 5.32 Å². The molecule has 0 aliphatic heterocycles. The number of nitrogens with one attached hydrogen (secondary N) is 1. The van der Waals surface area contributed by atoms with Gasteiger partial charge in [0.2, 0.25) is 5.91 Å². The number of esters is 1. The van der Waals surface area contributed by atoms with Gasteiger partial charge in [-0.15, -0.1) is 0 Å². The van der Waals surface area contributed by atoms with E-state index in [2.05, 4.69) is 21.2 Å². The SMILES string of the molecule is CC(C)OC(=O)[C@@H]1CC=CC[C@@H]1C(=O)Nc1ccccc1Br. The summed E-state index contributed by atoms with van der Waals surface area (Å²) in [5.74, 6) is -1.27. The average molecular weight is 366 g/mol. The predicted molar refractivity (Wildman–Crippen MR) is 89.4 cm³/mol. The number of allylic oxidation sites excluding steroid dienone is 2. The number of benzene rings is 1. The van der Waals surface area contributed by atoms with Crippen LogP contribution in [0.3, 0.4) is 0 Å². The van der Waals surface area contributed by atoms with Gasteiger partial charge in [0, 0.05) is 4.47 Å². The van der Waals surface area contributed by atoms with Crippen molar-refractivity contribution in [3.63, 3.8) is 0 Å². The zero-order chi connectivity index (χ0) is 16.1. The Morgan fingerprint density at radius 2 is 1.82 bits per heavy atom. The summed E-state index contributed by atoms with van der Waals surface area (Å²) in [6.45, 7) is 3.62. The van der Waals surface area contributed by atoms with Crippen LogP contribution in [0.25, 0.3) is 0 Å². The molecule has 1 aromatic carbocycles. The van der Waals surface area contributed by atoms with Crippen molar-refractivity contribution in [3.8, 4) is 0 Å². The monoisotopic (exact) mass is 365 g/mol. The molecule has 22 heavy (non-hydrogen) atoms. The van der Waals surface area contributed by atoms with Gasteiger partial charge in [-0.1, -0.05) is 24.3 Å². The normalized spacial score (nSPS) is 20.7. The van der Waals surface area contributed by atoms with E-state index in [1.807, 2.05) is 50.3 Å². The predicted octanol–water partition coefficient (Wildman–Crippen LogP) is 3.92. The number of carbonyl (C=O) groups is 2. The Balaban J connectivity index is 2.10. The Bertz CT molecular complexity index is 583. The van der Waals surface area contributed by atoms with Crippen LogP contribution in [-0.4, -0.2) is 18.0 Å². The maximum Gasteiger partial charge on any atom is 0.310 e. The fraction of sp³-hybridized carbons (Fsp3) is 0.412. The third-order valence-electron chi connectivity index (χ3n) is 3.56. The number of anilines is 1. The molecule has 0 saturated heterocycles. The number of hydrogen-bond acceptors (Lipinski definition) is 3. The fourth-order valence-corrected chi connectivity index (χ4v) is 2.86. The Hall–Kier alpha value is -1.62. The zero-order valence-electron chi connectivity index (χ0n) is 12.7. The molecule has 1 amide bonds. The summed E-state index contributed by atoms with van der Waals surface area (Å²) in [6.07, 6.45) is 4.80. The first-order valence-corrected chi connectivity index (χ1v) is 8.19. The molecule has 2 rings (SSSR count). The van der Waals surface area contributed by atoms with E-state index < -0.39 is 11.8 Å². The van der Waals surface area contributed by atoms with Crippen molar-refractivity contribution in [1.82, 2.24) is 0 Å². The molecule has 5 heteroatoms. The minimum absolute atomic E-state index is 0.151. The van der Waals surface area contributed by atoms with Gasteiger partial charge in [-0.05, 0) is 54.8 Å². The Labute approximate surface area is 139 Å². The minimum Gasteiger partial charge on any atom is -0.463 e. The molecule has 1 aromatic rings. The van der Waals surface area contributed by atoms with E-state index in [1.165, 1.54) is 0 Å². The summed E-state index contributed by atoms with van der Waals surface area (Å²) in [5.41, 5.74) is 0.707. The van der Waals surface area contributed by atoms with Crippen LogP contribution in [0.5, 0.6) is 0 Å². The zero-order valence-corrected chi connectivity index (χ0v) is 14.3. The molecular formula is C17H20BrNO3. The first-order chi connectivity index (χ1) is 10.5. The molecule has 1 aliphatic rings. The van der Waals surface area contributed by atoms with Gasteiger partial charge < -0.3 is 10.1 Å². The van der Waals surface area contributed by atoms with Crippen LogP contribution in [0.15, 0.2) is 40.9 Å². The van der Waals surface area contributed by atoms with Crippen LogP contribution in [0.4, 0.5) is 5.69 Å². The van der Waals surface area contributed by atoms with Gasteiger partial charge in [-0.3, -0.25) is 9.59 Å². The molecule has 0 aromatic heterocycles. The second-order valence-corrected chi connectivity index (χ2v) is 6.46. The standard InChI is InChI=1S/C17H20BrNO3/c1-11(2)22-17(21)13-8-4-3-7-12(13)16(20)19-15-10-6-5-9-14(15)18/h3-6,9-13H,7-8H2,1-2H3,(H,19,20)/t12-,13+/m0/s1. The van der Waals surface area contributed by atoms with Gasteiger partial charge in [-0.2, -0.15) is 0 Å². The van der Waals surface area contributed by atoms with Crippen LogP contribution in [0.1, 0.15) is 26.7 Å². The Morgan fingerprint density at radius 1 is 1.18 bits per heavy atom. The maximum absolute atomic E-state index is 12.5. The average Bonchev–Trinajstić information content (AvgIpc) is 2.49. The van der Waals surface area contributed by atoms with E-state index in [1.54, 1.807) is 0 Å². The van der Waals surface area contributed by atoms with E-state index in [0.717, 1.165) is 4.47 Å². The molecule has 4 nitrogen and oxygen atoms in total. The van der Waals surface area contributed by atoms with Crippen molar-refractivity contribution in [2.45, 2.75) is 32.8 Å². The third kappa shape index (κ3) is 4.19. The van der Waals surface area contributed by atoms with Gasteiger partial charge in [0.1, 0.15) is 0 Å². The highest BCUT2D eigenvalue weighted by Gasteiger charge is 2.35. The molecule has 1 N–H and O–H groups in total. The summed E-state index contributed by atoms with van der Waals surface area (Å²) in [4.78, 5) is 24.7. The number of amides is 1. The molecule has 0 fully saturated rings. The summed E-state index contributed by atoms with van der Waals surface area (Å²) < 4.78 is 6.10. The molecule has 0 unspecified atom stereocenters. The second kappa shape index (κ2) is 7.58. The van der Waals surface area contributed by atoms with Crippen molar-refractivity contribution >= 4 is 33.5 Å². The second-order valence-electron chi connectivity index (χ2n) is 5.61. The first kappa shape index (κ1) is 16.7. The molecule has 0 bridgehead atoms. The van der Waals surface area contributed by atoms with Crippen molar-refractivity contribution in [1.29, 1.82) is 0 Å². The molecule has 0 spiro atoms. The lowest BCUT2D eigenvalue weighted by molar-refractivity contribution is -0.156. The Morgan fingerprint density at radius 3 is 2.45 bits per heavy atom. The topological polar surface area (TPSA) is 55.4 Å². The van der Waals surface area contributed by atoms with Crippen molar-refractivity contribution < 1.29 is 14.3 Å². The van der Waals surface area contributed by atoms with E-state index in [4.69, 9.17) is 4.74 Å². The van der Waals surface area contributed by atoms with Crippen LogP contribution in [-0.2, 0) is 14.3 Å². The molecule has 0 heterocycles. The number of halogens is 1. The van der Waals surface area contributed by atoms with E-state index in [0.29, 0.717) is 18.5 Å². The van der Waals surface area contributed by atoms with Gasteiger partial charge >= 0.3 is 5.97 Å². The first-order valence-electron chi connectivity index (χ1n) is 7.40. The molecule has 1 aliphatic carbocycles. The van der Waals surface area contributed by atoms with Crippen molar-refractivity contribution in [2.75, 3.05) is 5.32 Å². The highest BCUT2D eigenvalue weighted by molar-refractivity contribution is 9.10. The van der Waals surface area contributed by atoms with E-state index >= 15 is 0 Å². The smallest absolute Gasteiger partial charge is 0.310 e. The number of rotatable bonds is 4. The van der Waals surface area contributed by atoms with Gasteiger partial charge in [0.15, 0.2) is 0 Å². The van der Waals surface area contributed by atoms with E-state index in [9.17, 15) is 9.59 Å². The number of para-hydroxylation sites is 1. The van der Waals surface area contributed by atoms with Crippen molar-refractivity contribution in [3.05, 3.63) is 40.9 Å². The van der Waals surface area contributed by atoms with Crippen molar-refractivity contribution in [2.24, 2.45) is 11.8 Å². The number of hydrogen-bond donors (Lipinski definition) is 1. The van der Waals surface area contributed by atoms with E-state index in [-0.39, 0.29) is 18.0 Å². The van der Waals surface area contributed by atoms with Gasteiger partial charge in [0.25, 0.3) is 0 Å². The maximum atomic E-state index is 12.5. The number of carbonyl (C=O) groups excluding carboxylic acids is 2. The summed E-state index contributed by atoms with van der Waals surface area (Å²) in [7, 11) is 0. The fourth-order valence-electron chi connectivity index (χ4n) is 2.47. The molecule has 0 radical (unpaired) electrons. The van der Waals surface area contributed by atoms with Crippen LogP contribution in [0.2, 0.25) is 0 Å². The largest absolute Gasteiger partial charge is 0.463 e. The lowest BCUT2D eigenvalue weighted by Crippen LogP contribution is -2.36. The summed E-state index contributed by atoms with van der Waals surface area (Å²) >= 11 is 3.41. The summed E-state index contributed by atoms with van der Waals surface area (Å²) in [5, 5.41) is 2.89. The number of ether oxygens (including phenoxy) is 1. The molecule has 0 saturated carbocycles. The summed E-state index contributed by atoms with van der Waals surface area (Å²) in [6, 6.07) is 7.42. The molecule has 2 atom stereocenters. The Kier molecular flexibility index (Phi) is 5.77. The quantitative estimate of drug-likeness (QED) is 0.649. The van der Waals surface area contributed by atoms with Gasteiger partial charge in [0.05, 0.1) is 23.6 Å². The van der Waals surface area contributed by atoms with Gasteiger partial charge in [-0.25, -0.2) is 0 Å². The lowest BCUT2D eigenvalue weighted by atomic mass is 9.82. The molecule has 118 valence electrons. The minimum atomic E-state index is -0.421. The highest BCUT2D eigenvalue weighted by atomic mass is 79.9. The van der Waals surface area contributed by atoms with Crippen LogP contribution in [0, 0.1) is 11.8 Å². The lowest BCUT2D eigenvalue weighted by Gasteiger charge is -2.26. The molecular weight excluding hydrogens is 346 g/mol.